The second-order valence-electron chi connectivity index (χ2n) is 9.82. The van der Waals surface area contributed by atoms with Gasteiger partial charge in [0.2, 0.25) is 11.8 Å². The van der Waals surface area contributed by atoms with Crippen LogP contribution in [0.5, 0.6) is 0 Å². The van der Waals surface area contributed by atoms with Gasteiger partial charge in [0.15, 0.2) is 0 Å². The molecule has 0 aliphatic heterocycles. The number of benzene rings is 3. The van der Waals surface area contributed by atoms with E-state index in [4.69, 9.17) is 11.6 Å². The number of nitrogens with one attached hydrogen (secondary N) is 1. The van der Waals surface area contributed by atoms with Gasteiger partial charge >= 0.3 is 0 Å². The van der Waals surface area contributed by atoms with Gasteiger partial charge in [-0.15, -0.1) is 11.8 Å². The van der Waals surface area contributed by atoms with Crippen LogP contribution >= 0.6 is 23.4 Å². The summed E-state index contributed by atoms with van der Waals surface area (Å²) in [6, 6.07) is 23.1. The summed E-state index contributed by atoms with van der Waals surface area (Å²) in [5, 5.41) is 3.88. The van der Waals surface area contributed by atoms with Crippen LogP contribution in [-0.4, -0.2) is 34.6 Å². The van der Waals surface area contributed by atoms with Crippen LogP contribution in [0.3, 0.4) is 0 Å². The molecular weight excluding hydrogens is 519 g/mol. The van der Waals surface area contributed by atoms with Crippen LogP contribution in [0, 0.1) is 5.82 Å². The summed E-state index contributed by atoms with van der Waals surface area (Å²) in [5.74, 6) is 0.306. The third-order valence-electron chi connectivity index (χ3n) is 6.90. The highest BCUT2D eigenvalue weighted by Crippen LogP contribution is 2.22. The molecule has 0 saturated heterocycles. The van der Waals surface area contributed by atoms with Crippen LogP contribution in [0.25, 0.3) is 0 Å². The topological polar surface area (TPSA) is 49.4 Å². The molecule has 0 bridgehead atoms. The van der Waals surface area contributed by atoms with Gasteiger partial charge in [0.05, 0.1) is 5.75 Å². The minimum Gasteiger partial charge on any atom is -0.352 e. The first-order chi connectivity index (χ1) is 18.5. The Morgan fingerprint density at radius 2 is 1.55 bits per heavy atom. The van der Waals surface area contributed by atoms with Crippen LogP contribution < -0.4 is 5.32 Å². The van der Waals surface area contributed by atoms with E-state index in [9.17, 15) is 14.0 Å². The number of hydrogen-bond donors (Lipinski definition) is 1. The Hall–Kier alpha value is -2.83. The van der Waals surface area contributed by atoms with Gasteiger partial charge in [-0.05, 0) is 53.8 Å². The summed E-state index contributed by atoms with van der Waals surface area (Å²) < 4.78 is 13.3. The van der Waals surface area contributed by atoms with Crippen LogP contribution in [-0.2, 0) is 28.3 Å². The molecule has 1 N–H and O–H groups in total. The Kier molecular flexibility index (Phi) is 10.6. The molecule has 1 aliphatic rings. The van der Waals surface area contributed by atoms with E-state index < -0.39 is 6.04 Å². The Morgan fingerprint density at radius 3 is 2.24 bits per heavy atom. The lowest BCUT2D eigenvalue weighted by molar-refractivity contribution is -0.139. The lowest BCUT2D eigenvalue weighted by Crippen LogP contribution is -2.53. The molecule has 0 radical (unpaired) electrons. The lowest BCUT2D eigenvalue weighted by Gasteiger charge is -2.33. The molecule has 4 rings (SSSR count). The fraction of sp³-hybridized carbons (Fsp3) is 0.355. The van der Waals surface area contributed by atoms with Crippen molar-refractivity contribution in [1.29, 1.82) is 0 Å². The minimum absolute atomic E-state index is 0.105. The van der Waals surface area contributed by atoms with Gasteiger partial charge in [0.1, 0.15) is 11.9 Å². The predicted octanol–water partition coefficient (Wildman–Crippen LogP) is 6.80. The van der Waals surface area contributed by atoms with Gasteiger partial charge in [-0.3, -0.25) is 9.59 Å². The summed E-state index contributed by atoms with van der Waals surface area (Å²) in [4.78, 5) is 29.2. The average Bonchev–Trinajstić information content (AvgIpc) is 2.94. The third-order valence-corrected chi connectivity index (χ3v) is 8.14. The third kappa shape index (κ3) is 8.60. The molecule has 2 amide bonds. The standard InChI is InChI=1S/C31H34ClFN2O2S/c32-26-15-11-24(12-16-26)20-35(30(36)22-38-21-25-13-17-27(33)18-14-25)29(19-23-7-3-1-4-8-23)31(37)34-28-9-5-2-6-10-28/h1,3-4,7-8,11-18,28-29H,2,5-6,9-10,19-22H2,(H,34,37). The molecule has 1 atom stereocenters. The van der Waals surface area contributed by atoms with Crippen LogP contribution in [0.4, 0.5) is 4.39 Å². The zero-order chi connectivity index (χ0) is 26.7. The molecule has 1 unspecified atom stereocenters. The average molecular weight is 553 g/mol. The Morgan fingerprint density at radius 1 is 0.895 bits per heavy atom. The van der Waals surface area contributed by atoms with E-state index in [0.717, 1.165) is 42.4 Å². The van der Waals surface area contributed by atoms with Crippen molar-refractivity contribution >= 4 is 35.2 Å². The molecule has 3 aromatic carbocycles. The van der Waals surface area contributed by atoms with Gasteiger partial charge in [-0.2, -0.15) is 0 Å². The fourth-order valence-electron chi connectivity index (χ4n) is 4.80. The van der Waals surface area contributed by atoms with Gasteiger partial charge in [0.25, 0.3) is 0 Å². The largest absolute Gasteiger partial charge is 0.352 e. The molecule has 0 spiro atoms. The minimum atomic E-state index is -0.645. The number of carbonyl (C=O) groups excluding carboxylic acids is 2. The number of amides is 2. The normalized spacial score (nSPS) is 14.6. The molecule has 0 heterocycles. The maximum absolute atomic E-state index is 13.8. The number of hydrogen-bond acceptors (Lipinski definition) is 3. The first kappa shape index (κ1) is 28.2. The van der Waals surface area contributed by atoms with Crippen molar-refractivity contribution in [3.8, 4) is 0 Å². The number of halogens is 2. The maximum Gasteiger partial charge on any atom is 0.243 e. The first-order valence-electron chi connectivity index (χ1n) is 13.2. The maximum atomic E-state index is 13.8. The molecule has 0 aromatic heterocycles. The molecule has 7 heteroatoms. The summed E-state index contributed by atoms with van der Waals surface area (Å²) >= 11 is 7.57. The SMILES string of the molecule is O=C(NC1CCCCC1)C(Cc1ccccc1)N(Cc1ccc(Cl)cc1)C(=O)CSCc1ccc(F)cc1. The number of carbonyl (C=O) groups is 2. The molecule has 1 saturated carbocycles. The molecule has 4 nitrogen and oxygen atoms in total. The van der Waals surface area contributed by atoms with E-state index in [1.807, 2.05) is 42.5 Å². The number of nitrogens with zero attached hydrogens (tertiary/aromatic N) is 1. The zero-order valence-corrected chi connectivity index (χ0v) is 23.0. The molecular formula is C31H34ClFN2O2S. The van der Waals surface area contributed by atoms with Crippen molar-refractivity contribution in [1.82, 2.24) is 10.2 Å². The van der Waals surface area contributed by atoms with E-state index in [1.54, 1.807) is 29.2 Å². The van der Waals surface area contributed by atoms with Crippen molar-refractivity contribution < 1.29 is 14.0 Å². The van der Waals surface area contributed by atoms with Crippen molar-refractivity contribution in [3.05, 3.63) is 106 Å². The van der Waals surface area contributed by atoms with E-state index in [-0.39, 0.29) is 29.4 Å². The highest BCUT2D eigenvalue weighted by Gasteiger charge is 2.31. The lowest BCUT2D eigenvalue weighted by atomic mass is 9.94. The van der Waals surface area contributed by atoms with Gasteiger partial charge in [0, 0.05) is 29.8 Å². The van der Waals surface area contributed by atoms with E-state index >= 15 is 0 Å². The molecule has 1 fully saturated rings. The Balaban J connectivity index is 1.55. The smallest absolute Gasteiger partial charge is 0.243 e. The highest BCUT2D eigenvalue weighted by atomic mass is 35.5. The monoisotopic (exact) mass is 552 g/mol. The van der Waals surface area contributed by atoms with E-state index in [2.05, 4.69) is 5.32 Å². The second kappa shape index (κ2) is 14.4. The Labute approximate surface area is 234 Å². The van der Waals surface area contributed by atoms with Crippen molar-refractivity contribution in [2.24, 2.45) is 0 Å². The molecule has 38 heavy (non-hydrogen) atoms. The van der Waals surface area contributed by atoms with Gasteiger partial charge in [-0.25, -0.2) is 4.39 Å². The highest BCUT2D eigenvalue weighted by molar-refractivity contribution is 7.99. The van der Waals surface area contributed by atoms with E-state index in [0.29, 0.717) is 23.7 Å². The van der Waals surface area contributed by atoms with Crippen molar-refractivity contribution in [2.75, 3.05) is 5.75 Å². The quantitative estimate of drug-likeness (QED) is 0.284. The van der Waals surface area contributed by atoms with Crippen LogP contribution in [0.15, 0.2) is 78.9 Å². The van der Waals surface area contributed by atoms with Crippen LogP contribution in [0.1, 0.15) is 48.8 Å². The number of rotatable bonds is 11. The Bertz CT molecular complexity index is 1170. The summed E-state index contributed by atoms with van der Waals surface area (Å²) in [5.41, 5.74) is 2.86. The summed E-state index contributed by atoms with van der Waals surface area (Å²) in [7, 11) is 0. The number of thioether (sulfide) groups is 1. The first-order valence-corrected chi connectivity index (χ1v) is 14.7. The van der Waals surface area contributed by atoms with Crippen molar-refractivity contribution in [2.45, 2.75) is 62.9 Å². The summed E-state index contributed by atoms with van der Waals surface area (Å²) in [6.07, 6.45) is 5.81. The summed E-state index contributed by atoms with van der Waals surface area (Å²) in [6.45, 7) is 0.308. The van der Waals surface area contributed by atoms with Crippen LogP contribution in [0.2, 0.25) is 5.02 Å². The van der Waals surface area contributed by atoms with Gasteiger partial charge < -0.3 is 10.2 Å². The molecule has 200 valence electrons. The molecule has 1 aliphatic carbocycles. The molecule has 3 aromatic rings. The zero-order valence-electron chi connectivity index (χ0n) is 21.5. The predicted molar refractivity (Wildman–Crippen MR) is 154 cm³/mol. The van der Waals surface area contributed by atoms with Crippen molar-refractivity contribution in [3.63, 3.8) is 0 Å². The van der Waals surface area contributed by atoms with E-state index in [1.165, 1.54) is 30.3 Å². The van der Waals surface area contributed by atoms with Gasteiger partial charge in [-0.1, -0.05) is 85.5 Å². The fourth-order valence-corrected chi connectivity index (χ4v) is 5.80. The second-order valence-corrected chi connectivity index (χ2v) is 11.2.